The van der Waals surface area contributed by atoms with Gasteiger partial charge in [-0.1, -0.05) is 68.9 Å². The minimum atomic E-state index is -3.65. The highest BCUT2D eigenvalue weighted by molar-refractivity contribution is 7.91. The Balaban J connectivity index is 0.000000139. The lowest BCUT2D eigenvalue weighted by atomic mass is 9.93. The van der Waals surface area contributed by atoms with Crippen LogP contribution in [0.15, 0.2) is 117 Å². The average Bonchev–Trinajstić information content (AvgIpc) is 0.891. The molecule has 0 atom stereocenters. The molecule has 0 bridgehead atoms. The van der Waals surface area contributed by atoms with Crippen molar-refractivity contribution in [2.24, 2.45) is 11.8 Å². The van der Waals surface area contributed by atoms with Gasteiger partial charge in [-0.3, -0.25) is 0 Å². The SMILES string of the molecule is COc1cc(S(=O)(=O)N2CCC(N3CCCCC3)CC2)ccc1Nc1nc(NC2CCC2)c2c(Cl)c[nH]c2n1.COc1cc(S(=O)(=O)N2CCOCC2)ccc1Nc1nc(NCC(C)C)c2c(Cl)c[nH]c2n1.COc1cc(S(C)(=O)=O)ccc1Nc1nc(NC2CCC2)c2c(C)c[nH]c2n1.COc1cc(S(C)(=O)=O)ccc1Nc1nc(NCC(C)C)c2c(Cl)c[nH]c2n1. The number of H-pyrrole nitrogens is 4. The lowest BCUT2D eigenvalue weighted by Gasteiger charge is -2.39. The predicted molar refractivity (Wildman–Crippen MR) is 503 cm³/mol. The fourth-order valence-electron chi connectivity index (χ4n) is 15.1. The third kappa shape index (κ3) is 22.1. The number of fused-ring (bicyclic) bond motifs is 4. The number of sulfonamides is 2. The monoisotopic (exact) mass is 1890 g/mol. The Morgan fingerprint density at radius 3 is 1.09 bits per heavy atom. The fourth-order valence-corrected chi connectivity index (χ4v) is 20.0. The van der Waals surface area contributed by atoms with E-state index in [0.717, 1.165) is 98.5 Å². The number of sulfone groups is 2. The molecule has 43 heteroatoms. The molecule has 17 rings (SSSR count). The molecule has 0 radical (unpaired) electrons. The Morgan fingerprint density at radius 1 is 0.414 bits per heavy atom. The van der Waals surface area contributed by atoms with Crippen LogP contribution in [0.1, 0.15) is 104 Å². The second-order valence-electron chi connectivity index (χ2n) is 32.7. The number of aryl methyl sites for hydroxylation is 1. The van der Waals surface area contributed by atoms with E-state index < -0.39 is 39.7 Å². The number of morpholine rings is 1. The van der Waals surface area contributed by atoms with Crippen molar-refractivity contribution in [3.63, 3.8) is 0 Å². The number of benzene rings is 4. The van der Waals surface area contributed by atoms with Crippen LogP contribution >= 0.6 is 34.8 Å². The van der Waals surface area contributed by atoms with Crippen LogP contribution < -0.4 is 61.5 Å². The van der Waals surface area contributed by atoms with Crippen LogP contribution in [0, 0.1) is 18.8 Å². The van der Waals surface area contributed by atoms with Crippen LogP contribution in [0.25, 0.3) is 44.1 Å². The largest absolute Gasteiger partial charge is 0.495 e. The third-order valence-corrected chi connectivity index (χ3v) is 29.4. The number of nitrogens with one attached hydrogen (secondary N) is 12. The van der Waals surface area contributed by atoms with Crippen molar-refractivity contribution >= 4 is 188 Å². The Hall–Kier alpha value is -10.5. The van der Waals surface area contributed by atoms with Crippen LogP contribution in [0.2, 0.25) is 15.1 Å². The highest BCUT2D eigenvalue weighted by Gasteiger charge is 2.35. The van der Waals surface area contributed by atoms with Crippen molar-refractivity contribution in [2.75, 3.05) is 149 Å². The molecule has 2 aliphatic carbocycles. The maximum atomic E-state index is 13.5. The number of aromatic nitrogens is 12. The summed E-state index contributed by atoms with van der Waals surface area (Å²) in [4.78, 5) is 52.2. The Labute approximate surface area is 759 Å². The fraction of sp³-hybridized carbons (Fsp3) is 0.435. The number of piperidine rings is 2. The Morgan fingerprint density at radius 2 is 0.742 bits per heavy atom. The summed E-state index contributed by atoms with van der Waals surface area (Å²) >= 11 is 19.0. The molecule has 5 fully saturated rings. The van der Waals surface area contributed by atoms with E-state index in [1.54, 1.807) is 59.3 Å². The predicted octanol–water partition coefficient (Wildman–Crippen LogP) is 15.6. The minimum Gasteiger partial charge on any atom is -0.495 e. The number of ether oxygens (including phenoxy) is 5. The summed E-state index contributed by atoms with van der Waals surface area (Å²) in [5, 5.41) is 31.0. The van der Waals surface area contributed by atoms with E-state index in [9.17, 15) is 33.7 Å². The maximum absolute atomic E-state index is 13.5. The van der Waals surface area contributed by atoms with Gasteiger partial charge in [-0.05, 0) is 150 Å². The molecule has 12 aromatic rings. The summed E-state index contributed by atoms with van der Waals surface area (Å²) in [6, 6.07) is 20.1. The van der Waals surface area contributed by atoms with Gasteiger partial charge in [0.1, 0.15) is 68.9 Å². The van der Waals surface area contributed by atoms with E-state index >= 15 is 0 Å². The highest BCUT2D eigenvalue weighted by atomic mass is 35.5. The number of hydrogen-bond acceptors (Lipinski definition) is 30. The summed E-state index contributed by atoms with van der Waals surface area (Å²) in [5.74, 6) is 6.44. The number of methoxy groups -OCH3 is 4. The first-order valence-electron chi connectivity index (χ1n) is 42.3. The van der Waals surface area contributed by atoms with E-state index in [4.69, 9.17) is 63.5 Å². The van der Waals surface area contributed by atoms with Gasteiger partial charge in [0.25, 0.3) is 0 Å². The summed E-state index contributed by atoms with van der Waals surface area (Å²) in [5.41, 5.74) is 5.84. The first kappa shape index (κ1) is 93.6. The van der Waals surface area contributed by atoms with Crippen molar-refractivity contribution in [2.45, 2.75) is 143 Å². The Bertz CT molecular complexity index is 6460. The van der Waals surface area contributed by atoms with Crippen molar-refractivity contribution < 1.29 is 57.4 Å². The number of rotatable bonds is 29. The van der Waals surface area contributed by atoms with Gasteiger partial charge in [-0.15, -0.1) is 0 Å². The molecule has 0 spiro atoms. The molecule has 3 aliphatic heterocycles. The molecular weight excluding hydrogens is 1790 g/mol. The zero-order valence-corrected chi connectivity index (χ0v) is 78.5. The van der Waals surface area contributed by atoms with Gasteiger partial charge >= 0.3 is 0 Å². The van der Waals surface area contributed by atoms with Crippen LogP contribution in [0.3, 0.4) is 0 Å². The van der Waals surface area contributed by atoms with Crippen LogP contribution in [-0.2, 0) is 44.5 Å². The number of likely N-dealkylation sites (tertiary alicyclic amines) is 1. The summed E-state index contributed by atoms with van der Waals surface area (Å²) in [7, 11) is -7.97. The molecule has 12 N–H and O–H groups in total. The van der Waals surface area contributed by atoms with E-state index in [2.05, 4.69) is 130 Å². The summed E-state index contributed by atoms with van der Waals surface area (Å²) < 4.78 is 130. The summed E-state index contributed by atoms with van der Waals surface area (Å²) in [6.45, 7) is 16.6. The lowest BCUT2D eigenvalue weighted by molar-refractivity contribution is 0.0730. The smallest absolute Gasteiger partial charge is 0.243 e. The first-order chi connectivity index (χ1) is 61.2. The minimum absolute atomic E-state index is 0.151. The van der Waals surface area contributed by atoms with Gasteiger partial charge in [0.15, 0.2) is 19.7 Å². The van der Waals surface area contributed by atoms with Gasteiger partial charge in [0.2, 0.25) is 43.8 Å². The van der Waals surface area contributed by atoms with Gasteiger partial charge in [-0.2, -0.15) is 48.5 Å². The van der Waals surface area contributed by atoms with E-state index in [1.807, 2.05) is 13.1 Å². The maximum Gasteiger partial charge on any atom is 0.243 e. The summed E-state index contributed by atoms with van der Waals surface area (Å²) in [6.07, 6.45) is 21.7. The standard InChI is InChI=1S/C27H36ClN7O3S.C21H27ClN6O4S.C19H23N5O3S.C18H22ClN5O3S/c1-38-23-16-20(39(36,37)35-14-10-19(11-15-35)34-12-3-2-4-13-34)8-9-22(23)31-27-32-25-24(21(28)17-29-25)26(33-27)30-18-6-5-7-18;1-13(2)11-23-19-18-15(22)12-24-20(18)27-21(26-19)25-16-5-4-14(10-17(16)31-3)33(29,30)28-6-8-32-9-7-28;1-11-10-20-17-16(11)18(21-12-5-4-6-12)24-19(23-17)22-14-8-7-13(28(3,25)26)9-15(14)27-2;1-10(2)8-20-16-15-12(19)9-21-17(15)24-18(23-16)22-13-6-5-11(28(4,25)26)7-14(13)27-3/h8-9,16-19H,2-7,10-15H2,1H3,(H3,29,30,31,32,33);4-5,10,12-13H,6-9,11H2,1-3H3,(H3,23,24,25,26,27);7-10,12H,4-6H2,1-3H3,(H3,20,21,22,23,24);5-7,9-10H,8H2,1-4H3,(H3,20,21,22,23,24). The average molecular weight is 1890 g/mol. The molecule has 8 aromatic heterocycles. The van der Waals surface area contributed by atoms with Crippen LogP contribution in [0.4, 0.5) is 69.8 Å². The number of anilines is 12. The number of halogens is 3. The van der Waals surface area contributed by atoms with E-state index in [1.165, 1.54) is 101 Å². The molecule has 11 heterocycles. The van der Waals surface area contributed by atoms with Gasteiger partial charge in [0, 0.05) is 119 Å². The van der Waals surface area contributed by atoms with E-state index in [0.29, 0.717) is 206 Å². The van der Waals surface area contributed by atoms with Gasteiger partial charge < -0.3 is 91.1 Å². The third-order valence-electron chi connectivity index (χ3n) is 22.5. The zero-order chi connectivity index (χ0) is 90.9. The quantitative estimate of drug-likeness (QED) is 0.0207. The van der Waals surface area contributed by atoms with Crippen LogP contribution in [-0.4, -0.2) is 232 Å². The molecule has 0 amide bonds. The molecule has 5 aliphatic rings. The normalized spacial score (nSPS) is 15.8. The number of aromatic amines is 4. The highest BCUT2D eigenvalue weighted by Crippen LogP contribution is 2.41. The molecule has 4 aromatic carbocycles. The zero-order valence-electron chi connectivity index (χ0n) is 73.0. The van der Waals surface area contributed by atoms with Gasteiger partial charge in [-0.25, -0.2) is 33.7 Å². The molecule has 2 saturated carbocycles. The topological polar surface area (TPSA) is 455 Å². The molecule has 3 saturated heterocycles. The van der Waals surface area contributed by atoms with Crippen LogP contribution in [0.5, 0.6) is 23.0 Å². The van der Waals surface area contributed by atoms with Crippen molar-refractivity contribution in [1.82, 2.24) is 73.3 Å². The second-order valence-corrected chi connectivity index (χ2v) is 41.8. The van der Waals surface area contributed by atoms with Gasteiger partial charge in [0.05, 0.1) is 121 Å². The lowest BCUT2D eigenvalue weighted by Crippen LogP contribution is -2.48. The first-order valence-corrected chi connectivity index (χ1v) is 50.1. The molecular formula is C85H108Cl3N23O13S4. The second kappa shape index (κ2) is 40.6. The Kier molecular flexibility index (Phi) is 29.7. The molecule has 686 valence electrons. The van der Waals surface area contributed by atoms with Crippen molar-refractivity contribution in [1.29, 1.82) is 0 Å². The number of hydrogen-bond donors (Lipinski definition) is 12. The molecule has 128 heavy (non-hydrogen) atoms. The van der Waals surface area contributed by atoms with Crippen molar-refractivity contribution in [3.05, 3.63) is 118 Å². The van der Waals surface area contributed by atoms with E-state index in [-0.39, 0.29) is 19.6 Å². The molecule has 36 nitrogen and oxygen atoms in total. The molecule has 0 unspecified atom stereocenters. The number of nitrogens with zero attached hydrogens (tertiary/aromatic N) is 11. The van der Waals surface area contributed by atoms with Crippen molar-refractivity contribution in [3.8, 4) is 23.0 Å².